The van der Waals surface area contributed by atoms with E-state index in [-0.39, 0.29) is 22.5 Å². The molecule has 18 heavy (non-hydrogen) atoms. The van der Waals surface area contributed by atoms with Crippen LogP contribution in [-0.4, -0.2) is 14.9 Å². The van der Waals surface area contributed by atoms with Gasteiger partial charge >= 0.3 is 5.69 Å². The van der Waals surface area contributed by atoms with E-state index in [0.29, 0.717) is 0 Å². The zero-order valence-corrected chi connectivity index (χ0v) is 9.56. The molecule has 1 heterocycles. The molecule has 0 aliphatic rings. The summed E-state index contributed by atoms with van der Waals surface area (Å²) in [6.07, 6.45) is 0.957. The zero-order valence-electron chi connectivity index (χ0n) is 8.80. The molecule has 8 heteroatoms. The number of nitro groups is 1. The second-order valence-electron chi connectivity index (χ2n) is 3.23. The van der Waals surface area contributed by atoms with Gasteiger partial charge in [0.15, 0.2) is 0 Å². The molecule has 0 radical (unpaired) electrons. The summed E-state index contributed by atoms with van der Waals surface area (Å²) < 4.78 is 13.4. The highest BCUT2D eigenvalue weighted by atomic mass is 35.5. The van der Waals surface area contributed by atoms with Gasteiger partial charge in [0.05, 0.1) is 10.6 Å². The average molecular weight is 269 g/mol. The van der Waals surface area contributed by atoms with Crippen molar-refractivity contribution in [3.8, 4) is 0 Å². The number of nitrogens with one attached hydrogen (secondary N) is 1. The van der Waals surface area contributed by atoms with E-state index in [1.54, 1.807) is 6.07 Å². The van der Waals surface area contributed by atoms with E-state index in [0.717, 1.165) is 6.20 Å². The van der Waals surface area contributed by atoms with E-state index < -0.39 is 10.7 Å². The lowest BCUT2D eigenvalue weighted by molar-refractivity contribution is -0.384. The van der Waals surface area contributed by atoms with Crippen molar-refractivity contribution in [3.63, 3.8) is 0 Å². The van der Waals surface area contributed by atoms with Crippen molar-refractivity contribution in [2.45, 2.75) is 0 Å². The summed E-state index contributed by atoms with van der Waals surface area (Å²) in [4.78, 5) is 17.2. The fraction of sp³-hybridized carbons (Fsp3) is 0. The maximum Gasteiger partial charge on any atom is 0.329 e. The summed E-state index contributed by atoms with van der Waals surface area (Å²) in [5.74, 6) is -0.716. The van der Waals surface area contributed by atoms with E-state index in [1.807, 2.05) is 0 Å². The first-order valence-corrected chi connectivity index (χ1v) is 5.14. The van der Waals surface area contributed by atoms with Crippen molar-refractivity contribution in [2.75, 3.05) is 5.32 Å². The van der Waals surface area contributed by atoms with Gasteiger partial charge < -0.3 is 5.32 Å². The van der Waals surface area contributed by atoms with Crippen molar-refractivity contribution in [1.29, 1.82) is 0 Å². The van der Waals surface area contributed by atoms with Gasteiger partial charge in [-0.3, -0.25) is 10.1 Å². The molecule has 0 amide bonds. The first kappa shape index (κ1) is 12.2. The van der Waals surface area contributed by atoms with Crippen molar-refractivity contribution < 1.29 is 9.31 Å². The Morgan fingerprint density at radius 3 is 2.78 bits per heavy atom. The number of hydrogen-bond donors (Lipinski definition) is 1. The molecule has 92 valence electrons. The van der Waals surface area contributed by atoms with Crippen molar-refractivity contribution in [2.24, 2.45) is 0 Å². The van der Waals surface area contributed by atoms with Crippen LogP contribution < -0.4 is 5.32 Å². The summed E-state index contributed by atoms with van der Waals surface area (Å²) in [6.45, 7) is 0. The Hall–Kier alpha value is -2.28. The van der Waals surface area contributed by atoms with Crippen LogP contribution in [0.2, 0.25) is 5.28 Å². The molecule has 2 aromatic rings. The highest BCUT2D eigenvalue weighted by Gasteiger charge is 2.17. The predicted octanol–water partition coefficient (Wildman–Crippen LogP) is 2.92. The lowest BCUT2D eigenvalue weighted by Crippen LogP contribution is -2.02. The van der Waals surface area contributed by atoms with Gasteiger partial charge in [-0.2, -0.15) is 4.98 Å². The fourth-order valence-electron chi connectivity index (χ4n) is 1.27. The van der Waals surface area contributed by atoms with Crippen LogP contribution in [0.3, 0.4) is 0 Å². The molecular formula is C10H6ClFN4O2. The Kier molecular flexibility index (Phi) is 3.33. The molecule has 1 aromatic heterocycles. The molecule has 0 unspecified atom stereocenters. The van der Waals surface area contributed by atoms with Gasteiger partial charge in [-0.1, -0.05) is 12.1 Å². The van der Waals surface area contributed by atoms with E-state index in [4.69, 9.17) is 11.6 Å². The number of aromatic nitrogens is 2. The summed E-state index contributed by atoms with van der Waals surface area (Å²) >= 11 is 5.55. The lowest BCUT2D eigenvalue weighted by atomic mass is 10.3. The maximum absolute atomic E-state index is 13.4. The highest BCUT2D eigenvalue weighted by Crippen LogP contribution is 2.26. The average Bonchev–Trinajstić information content (AvgIpc) is 2.32. The van der Waals surface area contributed by atoms with Crippen LogP contribution in [0.4, 0.5) is 21.6 Å². The number of rotatable bonds is 3. The van der Waals surface area contributed by atoms with Crippen LogP contribution in [-0.2, 0) is 0 Å². The number of nitrogens with zero attached hydrogens (tertiary/aromatic N) is 3. The summed E-state index contributed by atoms with van der Waals surface area (Å²) in [6, 6.07) is 5.73. The van der Waals surface area contributed by atoms with Gasteiger partial charge in [0.2, 0.25) is 11.1 Å². The first-order chi connectivity index (χ1) is 8.58. The molecule has 0 fully saturated rings. The van der Waals surface area contributed by atoms with Crippen LogP contribution in [0, 0.1) is 15.9 Å². The molecule has 0 bridgehead atoms. The second-order valence-corrected chi connectivity index (χ2v) is 3.57. The van der Waals surface area contributed by atoms with E-state index in [9.17, 15) is 14.5 Å². The molecule has 0 aliphatic heterocycles. The lowest BCUT2D eigenvalue weighted by Gasteiger charge is -2.06. The molecule has 0 saturated carbocycles. The molecule has 0 atom stereocenters. The van der Waals surface area contributed by atoms with E-state index in [1.165, 1.54) is 18.2 Å². The van der Waals surface area contributed by atoms with Crippen molar-refractivity contribution in [3.05, 3.63) is 51.7 Å². The standard InChI is InChI=1S/C10H6ClFN4O2/c11-10-13-5-8(16(17)18)9(15-10)14-7-4-2-1-3-6(7)12/h1-5H,(H,13,14,15). The predicted molar refractivity (Wildman–Crippen MR) is 63.4 cm³/mol. The third kappa shape index (κ3) is 2.51. The highest BCUT2D eigenvalue weighted by molar-refractivity contribution is 6.28. The molecule has 0 spiro atoms. The fourth-order valence-corrected chi connectivity index (χ4v) is 1.40. The summed E-state index contributed by atoms with van der Waals surface area (Å²) in [5, 5.41) is 13.1. The smallest absolute Gasteiger partial charge is 0.329 e. The number of benzene rings is 1. The molecule has 6 nitrogen and oxygen atoms in total. The number of para-hydroxylation sites is 1. The number of halogens is 2. The quantitative estimate of drug-likeness (QED) is 0.526. The Morgan fingerprint density at radius 1 is 1.39 bits per heavy atom. The minimum Gasteiger partial charge on any atom is -0.332 e. The third-order valence-electron chi connectivity index (χ3n) is 2.06. The van der Waals surface area contributed by atoms with Crippen molar-refractivity contribution in [1.82, 2.24) is 9.97 Å². The Labute approximate surface area is 106 Å². The third-order valence-corrected chi connectivity index (χ3v) is 2.25. The maximum atomic E-state index is 13.4. The van der Waals surface area contributed by atoms with Crippen LogP contribution in [0.5, 0.6) is 0 Å². The minimum atomic E-state index is -0.681. The van der Waals surface area contributed by atoms with Crippen LogP contribution in [0.1, 0.15) is 0 Å². The number of anilines is 2. The van der Waals surface area contributed by atoms with E-state index in [2.05, 4.69) is 15.3 Å². The Balaban J connectivity index is 2.42. The van der Waals surface area contributed by atoms with Gasteiger partial charge in [-0.15, -0.1) is 0 Å². The van der Waals surface area contributed by atoms with Gasteiger partial charge in [-0.25, -0.2) is 9.37 Å². The van der Waals surface area contributed by atoms with Crippen molar-refractivity contribution >= 4 is 28.8 Å². The minimum absolute atomic E-state index is 0.0652. The largest absolute Gasteiger partial charge is 0.332 e. The van der Waals surface area contributed by atoms with Crippen LogP contribution in [0.25, 0.3) is 0 Å². The molecule has 1 aromatic carbocycles. The molecular weight excluding hydrogens is 263 g/mol. The van der Waals surface area contributed by atoms with Gasteiger partial charge in [0.1, 0.15) is 12.0 Å². The summed E-state index contributed by atoms with van der Waals surface area (Å²) in [7, 11) is 0. The zero-order chi connectivity index (χ0) is 13.1. The summed E-state index contributed by atoms with van der Waals surface area (Å²) in [5.41, 5.74) is -0.321. The Bertz CT molecular complexity index is 608. The topological polar surface area (TPSA) is 81.0 Å². The van der Waals surface area contributed by atoms with Gasteiger partial charge in [-0.05, 0) is 23.7 Å². The molecule has 2 rings (SSSR count). The van der Waals surface area contributed by atoms with Crippen LogP contribution in [0.15, 0.2) is 30.5 Å². The number of hydrogen-bond acceptors (Lipinski definition) is 5. The van der Waals surface area contributed by atoms with Gasteiger partial charge in [0.25, 0.3) is 0 Å². The molecule has 1 N–H and O–H groups in total. The van der Waals surface area contributed by atoms with E-state index >= 15 is 0 Å². The van der Waals surface area contributed by atoms with Crippen LogP contribution >= 0.6 is 11.6 Å². The Morgan fingerprint density at radius 2 is 2.11 bits per heavy atom. The molecule has 0 saturated heterocycles. The SMILES string of the molecule is O=[N+]([O-])c1cnc(Cl)nc1Nc1ccccc1F. The normalized spacial score (nSPS) is 10.1. The monoisotopic (exact) mass is 268 g/mol. The second kappa shape index (κ2) is 4.92. The first-order valence-electron chi connectivity index (χ1n) is 4.76. The van der Waals surface area contributed by atoms with Gasteiger partial charge in [0, 0.05) is 0 Å². The molecule has 0 aliphatic carbocycles.